The van der Waals surface area contributed by atoms with E-state index in [0.29, 0.717) is 16.8 Å². The Morgan fingerprint density at radius 3 is 2.53 bits per heavy atom. The van der Waals surface area contributed by atoms with Crippen molar-refractivity contribution in [3.63, 3.8) is 0 Å². The second-order valence-corrected chi connectivity index (χ2v) is 3.26. The van der Waals surface area contributed by atoms with Crippen molar-refractivity contribution in [2.75, 3.05) is 0 Å². The lowest BCUT2D eigenvalue weighted by atomic mass is 10.1. The lowest BCUT2D eigenvalue weighted by molar-refractivity contribution is 0.103. The highest BCUT2D eigenvalue weighted by molar-refractivity contribution is 6.09. The Bertz CT molecular complexity index is 489. The zero-order chi connectivity index (χ0) is 10.8. The van der Waals surface area contributed by atoms with Crippen LogP contribution in [0.4, 0.5) is 0 Å². The second kappa shape index (κ2) is 3.61. The van der Waals surface area contributed by atoms with Gasteiger partial charge >= 0.3 is 0 Å². The van der Waals surface area contributed by atoms with E-state index in [1.54, 1.807) is 24.9 Å². The standard InChI is InChI=1S/C10H10N4O/c1-7-9(5-14(2)13-7)10(15)8-3-11-6-12-4-8/h3-6H,1-2H3. The Hall–Kier alpha value is -2.04. The van der Waals surface area contributed by atoms with Gasteiger partial charge in [0.25, 0.3) is 0 Å². The molecule has 0 N–H and O–H groups in total. The van der Waals surface area contributed by atoms with Crippen LogP contribution in [0.25, 0.3) is 0 Å². The van der Waals surface area contributed by atoms with Crippen molar-refractivity contribution in [1.82, 2.24) is 19.7 Å². The highest BCUT2D eigenvalue weighted by Crippen LogP contribution is 2.10. The molecule has 2 heterocycles. The van der Waals surface area contributed by atoms with E-state index < -0.39 is 0 Å². The molecule has 2 aromatic heterocycles. The van der Waals surface area contributed by atoms with Crippen LogP contribution < -0.4 is 0 Å². The van der Waals surface area contributed by atoms with Crippen molar-refractivity contribution >= 4 is 5.78 Å². The van der Waals surface area contributed by atoms with Crippen molar-refractivity contribution in [3.8, 4) is 0 Å². The third-order valence-corrected chi connectivity index (χ3v) is 2.08. The average molecular weight is 202 g/mol. The normalized spacial score (nSPS) is 10.3. The molecule has 2 rings (SSSR count). The van der Waals surface area contributed by atoms with E-state index in [2.05, 4.69) is 15.1 Å². The van der Waals surface area contributed by atoms with E-state index in [-0.39, 0.29) is 5.78 Å². The Morgan fingerprint density at radius 1 is 1.33 bits per heavy atom. The van der Waals surface area contributed by atoms with Crippen LogP contribution in [0.2, 0.25) is 0 Å². The van der Waals surface area contributed by atoms with Crippen LogP contribution in [0.15, 0.2) is 24.9 Å². The number of aromatic nitrogens is 4. The Balaban J connectivity index is 2.41. The van der Waals surface area contributed by atoms with Gasteiger partial charge in [0.1, 0.15) is 6.33 Å². The third kappa shape index (κ3) is 1.76. The number of carbonyl (C=O) groups is 1. The first-order chi connectivity index (χ1) is 7.18. The van der Waals surface area contributed by atoms with Crippen LogP contribution >= 0.6 is 0 Å². The first-order valence-corrected chi connectivity index (χ1v) is 4.48. The van der Waals surface area contributed by atoms with E-state index >= 15 is 0 Å². The number of hydrogen-bond donors (Lipinski definition) is 0. The molecule has 76 valence electrons. The quantitative estimate of drug-likeness (QED) is 0.674. The summed E-state index contributed by atoms with van der Waals surface area (Å²) >= 11 is 0. The van der Waals surface area contributed by atoms with Gasteiger partial charge in [0.05, 0.1) is 16.8 Å². The van der Waals surface area contributed by atoms with E-state index in [9.17, 15) is 4.79 Å². The number of carbonyl (C=O) groups excluding carboxylic acids is 1. The molecule has 0 aliphatic heterocycles. The molecule has 5 heteroatoms. The maximum atomic E-state index is 11.9. The molecule has 0 atom stereocenters. The first-order valence-electron chi connectivity index (χ1n) is 4.48. The van der Waals surface area contributed by atoms with E-state index in [1.807, 2.05) is 0 Å². The zero-order valence-corrected chi connectivity index (χ0v) is 8.51. The summed E-state index contributed by atoms with van der Waals surface area (Å²) in [6.45, 7) is 1.80. The minimum atomic E-state index is -0.0961. The largest absolute Gasteiger partial charge is 0.288 e. The summed E-state index contributed by atoms with van der Waals surface area (Å²) in [6, 6.07) is 0. The monoisotopic (exact) mass is 202 g/mol. The molecule has 0 aromatic carbocycles. The minimum Gasteiger partial charge on any atom is -0.288 e. The van der Waals surface area contributed by atoms with Gasteiger partial charge in [-0.2, -0.15) is 5.10 Å². The average Bonchev–Trinajstić information content (AvgIpc) is 2.58. The van der Waals surface area contributed by atoms with Gasteiger partial charge in [-0.3, -0.25) is 9.48 Å². The minimum absolute atomic E-state index is 0.0961. The van der Waals surface area contributed by atoms with E-state index in [0.717, 1.165) is 0 Å². The maximum Gasteiger partial charge on any atom is 0.199 e. The second-order valence-electron chi connectivity index (χ2n) is 3.26. The molecule has 15 heavy (non-hydrogen) atoms. The summed E-state index contributed by atoms with van der Waals surface area (Å²) in [5.74, 6) is -0.0961. The smallest absolute Gasteiger partial charge is 0.199 e. The topological polar surface area (TPSA) is 60.7 Å². The Labute approximate surface area is 86.8 Å². The first kappa shape index (κ1) is 9.51. The molecule has 0 radical (unpaired) electrons. The van der Waals surface area contributed by atoms with Crippen molar-refractivity contribution in [3.05, 3.63) is 41.7 Å². The predicted molar refractivity (Wildman–Crippen MR) is 53.4 cm³/mol. The number of hydrogen-bond acceptors (Lipinski definition) is 4. The van der Waals surface area contributed by atoms with Crippen LogP contribution in [-0.4, -0.2) is 25.5 Å². The fourth-order valence-electron chi connectivity index (χ4n) is 1.39. The van der Waals surface area contributed by atoms with E-state index in [4.69, 9.17) is 0 Å². The third-order valence-electron chi connectivity index (χ3n) is 2.08. The number of ketones is 1. The van der Waals surface area contributed by atoms with Crippen LogP contribution in [0.5, 0.6) is 0 Å². The molecule has 2 aromatic rings. The Kier molecular flexibility index (Phi) is 2.29. The van der Waals surface area contributed by atoms with Gasteiger partial charge in [0.2, 0.25) is 0 Å². The van der Waals surface area contributed by atoms with Crippen LogP contribution in [0, 0.1) is 6.92 Å². The fraction of sp³-hybridized carbons (Fsp3) is 0.200. The van der Waals surface area contributed by atoms with Gasteiger partial charge in [-0.25, -0.2) is 9.97 Å². The summed E-state index contributed by atoms with van der Waals surface area (Å²) in [5.41, 5.74) is 1.78. The maximum absolute atomic E-state index is 11.9. The van der Waals surface area contributed by atoms with E-state index in [1.165, 1.54) is 18.7 Å². The van der Waals surface area contributed by atoms with Gasteiger partial charge < -0.3 is 0 Å². The lowest BCUT2D eigenvalue weighted by Crippen LogP contribution is -2.02. The summed E-state index contributed by atoms with van der Waals surface area (Å²) in [6.07, 6.45) is 6.10. The molecule has 0 unspecified atom stereocenters. The molecule has 5 nitrogen and oxygen atoms in total. The van der Waals surface area contributed by atoms with Crippen molar-refractivity contribution in [2.45, 2.75) is 6.92 Å². The molecule has 0 saturated heterocycles. The molecule has 0 aliphatic carbocycles. The van der Waals surface area contributed by atoms with Crippen LogP contribution in [0.3, 0.4) is 0 Å². The van der Waals surface area contributed by atoms with Gasteiger partial charge in [-0.05, 0) is 6.92 Å². The lowest BCUT2D eigenvalue weighted by Gasteiger charge is -1.96. The highest BCUT2D eigenvalue weighted by Gasteiger charge is 2.14. The number of aryl methyl sites for hydroxylation is 2. The van der Waals surface area contributed by atoms with Crippen molar-refractivity contribution in [2.24, 2.45) is 7.05 Å². The molecule has 0 saturated carbocycles. The predicted octanol–water partition coefficient (Wildman–Crippen LogP) is 0.750. The summed E-state index contributed by atoms with van der Waals surface area (Å²) < 4.78 is 1.62. The molecule has 0 spiro atoms. The Morgan fingerprint density at radius 2 is 2.00 bits per heavy atom. The zero-order valence-electron chi connectivity index (χ0n) is 8.51. The molecule has 0 amide bonds. The molecular formula is C10H10N4O. The number of rotatable bonds is 2. The van der Waals surface area contributed by atoms with Crippen molar-refractivity contribution < 1.29 is 4.79 Å². The van der Waals surface area contributed by atoms with Gasteiger partial charge in [0, 0.05) is 25.6 Å². The van der Waals surface area contributed by atoms with Gasteiger partial charge in [-0.15, -0.1) is 0 Å². The summed E-state index contributed by atoms with van der Waals surface area (Å²) in [5, 5.41) is 4.11. The summed E-state index contributed by atoms with van der Waals surface area (Å²) in [7, 11) is 1.78. The van der Waals surface area contributed by atoms with Gasteiger partial charge in [-0.1, -0.05) is 0 Å². The molecule has 0 bridgehead atoms. The van der Waals surface area contributed by atoms with Gasteiger partial charge in [0.15, 0.2) is 5.78 Å². The van der Waals surface area contributed by atoms with Crippen molar-refractivity contribution in [1.29, 1.82) is 0 Å². The van der Waals surface area contributed by atoms with Crippen LogP contribution in [-0.2, 0) is 7.05 Å². The highest BCUT2D eigenvalue weighted by atomic mass is 16.1. The molecule has 0 fully saturated rings. The molecular weight excluding hydrogens is 192 g/mol. The SMILES string of the molecule is Cc1nn(C)cc1C(=O)c1cncnc1. The fourth-order valence-corrected chi connectivity index (χ4v) is 1.39. The van der Waals surface area contributed by atoms with Crippen LogP contribution in [0.1, 0.15) is 21.6 Å². The summed E-state index contributed by atoms with van der Waals surface area (Å²) in [4.78, 5) is 19.6. The molecule has 0 aliphatic rings. The number of nitrogens with zero attached hydrogens (tertiary/aromatic N) is 4.